The summed E-state index contributed by atoms with van der Waals surface area (Å²) in [6.45, 7) is 1.35. The van der Waals surface area contributed by atoms with Gasteiger partial charge in [0.25, 0.3) is 0 Å². The molecule has 0 aliphatic carbocycles. The molecular formula is C32H33N3O7. The Hall–Kier alpha value is -4.51. The smallest absolute Gasteiger partial charge is 0.351 e. The fourth-order valence-corrected chi connectivity index (χ4v) is 5.20. The summed E-state index contributed by atoms with van der Waals surface area (Å²) in [6.07, 6.45) is -0.746. The van der Waals surface area contributed by atoms with Gasteiger partial charge < -0.3 is 29.4 Å². The third-order valence-electron chi connectivity index (χ3n) is 7.29. The summed E-state index contributed by atoms with van der Waals surface area (Å²) in [5.41, 5.74) is 0.878. The van der Waals surface area contributed by atoms with E-state index in [1.165, 1.54) is 23.8 Å². The molecule has 4 aromatic rings. The van der Waals surface area contributed by atoms with Crippen LogP contribution >= 0.6 is 0 Å². The van der Waals surface area contributed by atoms with E-state index in [2.05, 4.69) is 10.3 Å². The number of amides is 1. The molecule has 3 unspecified atom stereocenters. The number of anilines is 1. The number of hydrogen-bond donors (Lipinski definition) is 2. The van der Waals surface area contributed by atoms with E-state index in [0.717, 1.165) is 16.7 Å². The fraction of sp³-hybridized carbons (Fsp3) is 0.281. The van der Waals surface area contributed by atoms with Crippen LogP contribution in [-0.2, 0) is 19.9 Å². The van der Waals surface area contributed by atoms with Crippen molar-refractivity contribution in [2.24, 2.45) is 0 Å². The van der Waals surface area contributed by atoms with Gasteiger partial charge in [-0.3, -0.25) is 9.36 Å². The Labute approximate surface area is 243 Å². The summed E-state index contributed by atoms with van der Waals surface area (Å²) in [4.78, 5) is 27.9. The van der Waals surface area contributed by atoms with Crippen LogP contribution < -0.4 is 20.5 Å². The van der Waals surface area contributed by atoms with Crippen molar-refractivity contribution in [3.05, 3.63) is 118 Å². The number of nitrogens with zero attached hydrogens (tertiary/aromatic N) is 2. The molecule has 3 aromatic carbocycles. The van der Waals surface area contributed by atoms with Crippen molar-refractivity contribution in [1.29, 1.82) is 0 Å². The highest BCUT2D eigenvalue weighted by atomic mass is 16.6. The molecule has 3 atom stereocenters. The molecule has 218 valence electrons. The van der Waals surface area contributed by atoms with Gasteiger partial charge in [0, 0.05) is 19.5 Å². The van der Waals surface area contributed by atoms with Crippen LogP contribution in [0.25, 0.3) is 0 Å². The Morgan fingerprint density at radius 2 is 1.52 bits per heavy atom. The lowest BCUT2D eigenvalue weighted by Gasteiger charge is -2.37. The number of carbonyl (C=O) groups is 1. The molecule has 1 saturated heterocycles. The molecular weight excluding hydrogens is 538 g/mol. The molecule has 0 spiro atoms. The molecule has 10 heteroatoms. The molecule has 5 rings (SSSR count). The van der Waals surface area contributed by atoms with Gasteiger partial charge in [-0.25, -0.2) is 4.79 Å². The van der Waals surface area contributed by atoms with Crippen molar-refractivity contribution in [2.75, 3.05) is 26.1 Å². The summed E-state index contributed by atoms with van der Waals surface area (Å²) >= 11 is 0. The number of benzene rings is 3. The predicted molar refractivity (Wildman–Crippen MR) is 156 cm³/mol. The Morgan fingerprint density at radius 3 is 2.05 bits per heavy atom. The summed E-state index contributed by atoms with van der Waals surface area (Å²) in [6, 6.07) is 26.6. The van der Waals surface area contributed by atoms with Crippen LogP contribution in [0.2, 0.25) is 0 Å². The molecule has 10 nitrogen and oxygen atoms in total. The van der Waals surface area contributed by atoms with E-state index in [4.69, 9.17) is 18.9 Å². The molecule has 2 N–H and O–H groups in total. The highest BCUT2D eigenvalue weighted by Gasteiger charge is 2.42. The van der Waals surface area contributed by atoms with Crippen LogP contribution in [0, 0.1) is 0 Å². The lowest BCUT2D eigenvalue weighted by atomic mass is 9.80. The van der Waals surface area contributed by atoms with E-state index in [1.807, 2.05) is 78.9 Å². The Balaban J connectivity index is 1.49. The number of aliphatic hydroxyl groups is 1. The Morgan fingerprint density at radius 1 is 0.952 bits per heavy atom. The molecule has 1 aromatic heterocycles. The summed E-state index contributed by atoms with van der Waals surface area (Å²) in [5.74, 6) is 1.22. The first kappa shape index (κ1) is 29.0. The largest absolute Gasteiger partial charge is 0.497 e. The van der Waals surface area contributed by atoms with Crippen molar-refractivity contribution in [3.63, 3.8) is 0 Å². The molecule has 0 bridgehead atoms. The van der Waals surface area contributed by atoms with Crippen molar-refractivity contribution >= 4 is 11.7 Å². The average molecular weight is 572 g/mol. The first-order valence-electron chi connectivity index (χ1n) is 13.5. The van der Waals surface area contributed by atoms with E-state index in [-0.39, 0.29) is 24.8 Å². The van der Waals surface area contributed by atoms with E-state index in [9.17, 15) is 14.7 Å². The normalized spacial score (nSPS) is 18.4. The van der Waals surface area contributed by atoms with Gasteiger partial charge >= 0.3 is 5.69 Å². The Kier molecular flexibility index (Phi) is 8.67. The fourth-order valence-electron chi connectivity index (χ4n) is 5.20. The number of ether oxygens (including phenoxy) is 4. The first-order valence-corrected chi connectivity index (χ1v) is 13.5. The van der Waals surface area contributed by atoms with E-state index in [1.54, 1.807) is 14.2 Å². The number of methoxy groups -OCH3 is 2. The van der Waals surface area contributed by atoms with Gasteiger partial charge in [0.05, 0.1) is 26.9 Å². The third kappa shape index (κ3) is 5.91. The predicted octanol–water partition coefficient (Wildman–Crippen LogP) is 3.88. The molecule has 0 radical (unpaired) electrons. The number of aromatic nitrogens is 2. The minimum atomic E-state index is -1.08. The minimum Gasteiger partial charge on any atom is -0.497 e. The zero-order valence-electron chi connectivity index (χ0n) is 23.6. The maximum Gasteiger partial charge on any atom is 0.351 e. The number of nitrogens with one attached hydrogen (secondary N) is 1. The standard InChI is InChI=1S/C32H33N3O7/c1-21(36)33-29-17-18-35(31(38)34-29)30-19-27(37)28(42-30)20-41-32(22-7-5-4-6-8-22,23-9-13-25(39-2)14-10-23)24-11-15-26(40-3)16-12-24/h4-18,27-28,30,37H,19-20H2,1-3H3,(H,33,34,36,38). The second-order valence-electron chi connectivity index (χ2n) is 9.93. The first-order chi connectivity index (χ1) is 20.3. The second kappa shape index (κ2) is 12.6. The van der Waals surface area contributed by atoms with Crippen LogP contribution in [0.5, 0.6) is 11.5 Å². The van der Waals surface area contributed by atoms with Crippen molar-refractivity contribution < 1.29 is 28.8 Å². The van der Waals surface area contributed by atoms with Crippen LogP contribution in [0.15, 0.2) is 95.9 Å². The molecule has 0 saturated carbocycles. The SMILES string of the molecule is COc1ccc(C(OCC2OC(n3ccc(NC(C)=O)nc3=O)CC2O)(c2ccccc2)c2ccc(OC)cc2)cc1. The maximum absolute atomic E-state index is 12.7. The topological polar surface area (TPSA) is 121 Å². The van der Waals surface area contributed by atoms with Gasteiger partial charge in [-0.05, 0) is 47.0 Å². The minimum absolute atomic E-state index is 0.0107. The van der Waals surface area contributed by atoms with E-state index in [0.29, 0.717) is 11.5 Å². The number of aliphatic hydroxyl groups excluding tert-OH is 1. The van der Waals surface area contributed by atoms with Crippen LogP contribution in [0.3, 0.4) is 0 Å². The zero-order valence-corrected chi connectivity index (χ0v) is 23.6. The Bertz CT molecular complexity index is 1510. The molecule has 1 fully saturated rings. The molecule has 42 heavy (non-hydrogen) atoms. The molecule has 1 aliphatic rings. The highest BCUT2D eigenvalue weighted by molar-refractivity contribution is 5.87. The van der Waals surface area contributed by atoms with Crippen molar-refractivity contribution in [3.8, 4) is 11.5 Å². The molecule has 1 amide bonds. The highest BCUT2D eigenvalue weighted by Crippen LogP contribution is 2.42. The average Bonchev–Trinajstić information content (AvgIpc) is 3.38. The number of hydrogen-bond acceptors (Lipinski definition) is 8. The molecule has 2 heterocycles. The van der Waals surface area contributed by atoms with Crippen molar-refractivity contribution in [1.82, 2.24) is 9.55 Å². The second-order valence-corrected chi connectivity index (χ2v) is 9.93. The van der Waals surface area contributed by atoms with Crippen LogP contribution in [-0.4, -0.2) is 53.6 Å². The lowest BCUT2D eigenvalue weighted by Crippen LogP contribution is -2.38. The third-order valence-corrected chi connectivity index (χ3v) is 7.29. The van der Waals surface area contributed by atoms with Gasteiger partial charge in [0.15, 0.2) is 0 Å². The summed E-state index contributed by atoms with van der Waals surface area (Å²) in [7, 11) is 3.23. The van der Waals surface area contributed by atoms with Gasteiger partial charge in [-0.1, -0.05) is 54.6 Å². The van der Waals surface area contributed by atoms with Crippen LogP contribution in [0.1, 0.15) is 36.3 Å². The van der Waals surface area contributed by atoms with E-state index >= 15 is 0 Å². The number of carbonyl (C=O) groups excluding carboxylic acids is 1. The lowest BCUT2D eigenvalue weighted by molar-refractivity contribution is -0.114. The van der Waals surface area contributed by atoms with Crippen molar-refractivity contribution in [2.45, 2.75) is 37.4 Å². The molecule has 1 aliphatic heterocycles. The van der Waals surface area contributed by atoms with Gasteiger partial charge in [-0.15, -0.1) is 0 Å². The summed E-state index contributed by atoms with van der Waals surface area (Å²) < 4.78 is 25.1. The van der Waals surface area contributed by atoms with Gasteiger partial charge in [-0.2, -0.15) is 4.98 Å². The van der Waals surface area contributed by atoms with Gasteiger partial charge in [0.2, 0.25) is 5.91 Å². The van der Waals surface area contributed by atoms with E-state index < -0.39 is 29.7 Å². The quantitative estimate of drug-likeness (QED) is 0.275. The summed E-state index contributed by atoms with van der Waals surface area (Å²) in [5, 5.41) is 13.5. The van der Waals surface area contributed by atoms with Crippen LogP contribution in [0.4, 0.5) is 5.82 Å². The maximum atomic E-state index is 12.7. The monoisotopic (exact) mass is 571 g/mol. The van der Waals surface area contributed by atoms with Gasteiger partial charge in [0.1, 0.15) is 35.2 Å². The zero-order chi connectivity index (χ0) is 29.7. The number of rotatable bonds is 10.